The lowest BCUT2D eigenvalue weighted by Crippen LogP contribution is -2.33. The van der Waals surface area contributed by atoms with Gasteiger partial charge in [-0.2, -0.15) is 4.31 Å². The maximum atomic E-state index is 11.9. The van der Waals surface area contributed by atoms with Gasteiger partial charge in [-0.3, -0.25) is 9.09 Å². The van der Waals surface area contributed by atoms with Crippen LogP contribution in [0.5, 0.6) is 0 Å². The third-order valence-electron chi connectivity index (χ3n) is 3.82. The van der Waals surface area contributed by atoms with Crippen molar-refractivity contribution in [2.45, 2.75) is 24.5 Å². The number of nitrogens with zero attached hydrogens (tertiary/aromatic N) is 4. The number of hydrogen-bond donors (Lipinski definition) is 7. The molecule has 2 aromatic heterocycles. The second-order valence-corrected chi connectivity index (χ2v) is 11.9. The number of aliphatic hydroxyl groups excluding tert-OH is 2. The molecule has 3 rings (SSSR count). The van der Waals surface area contributed by atoms with Gasteiger partial charge in [0.25, 0.3) is 0 Å². The van der Waals surface area contributed by atoms with Crippen LogP contribution in [0.3, 0.4) is 0 Å². The minimum atomic E-state index is -5.49. The predicted octanol–water partition coefficient (Wildman–Crippen LogP) is -1.51. The van der Waals surface area contributed by atoms with Crippen LogP contribution in [-0.4, -0.2) is 74.2 Å². The number of aliphatic hydroxyl groups is 2. The van der Waals surface area contributed by atoms with Crippen LogP contribution in [0.1, 0.15) is 6.23 Å². The van der Waals surface area contributed by atoms with Crippen LogP contribution in [0.2, 0.25) is 0 Å². The third-order valence-corrected chi connectivity index (χ3v) is 8.22. The summed E-state index contributed by atoms with van der Waals surface area (Å²) in [6, 6.07) is 0. The molecule has 1 saturated heterocycles. The molecule has 8 N–H and O–H groups in total. The van der Waals surface area contributed by atoms with Crippen LogP contribution < -0.4 is 5.73 Å². The molecule has 21 heteroatoms. The molecule has 0 amide bonds. The van der Waals surface area contributed by atoms with E-state index in [1.807, 2.05) is 0 Å². The minimum absolute atomic E-state index is 0.0574. The molecule has 3 heterocycles. The SMILES string of the molecule is Nc1ncnc2c1ncn2[C@@H]1OC(COP(=O)(O)OP(=O)(O)OP(O)(O)=S)[C@H](O)[C@@H]1O. The summed E-state index contributed by atoms with van der Waals surface area (Å²) < 4.78 is 42.1. The zero-order chi connectivity index (χ0) is 23.2. The highest BCUT2D eigenvalue weighted by Crippen LogP contribution is 2.66. The van der Waals surface area contributed by atoms with E-state index in [1.54, 1.807) is 0 Å². The van der Waals surface area contributed by atoms with Crippen molar-refractivity contribution in [3.8, 4) is 0 Å². The van der Waals surface area contributed by atoms with Gasteiger partial charge in [0.2, 0.25) is 0 Å². The Morgan fingerprint density at radius 2 is 1.77 bits per heavy atom. The number of nitrogen functional groups attached to an aromatic ring is 1. The van der Waals surface area contributed by atoms with Gasteiger partial charge in [-0.1, -0.05) is 0 Å². The molecule has 0 radical (unpaired) electrons. The highest BCUT2D eigenvalue weighted by atomic mass is 32.5. The molecule has 0 saturated carbocycles. The summed E-state index contributed by atoms with van der Waals surface area (Å²) in [6.07, 6.45) is -3.53. The molecule has 1 aliphatic rings. The lowest BCUT2D eigenvalue weighted by molar-refractivity contribution is -0.0503. The van der Waals surface area contributed by atoms with Crippen molar-refractivity contribution in [3.05, 3.63) is 12.7 Å². The Morgan fingerprint density at radius 3 is 2.42 bits per heavy atom. The summed E-state index contributed by atoms with van der Waals surface area (Å²) in [6.45, 7) is -5.61. The van der Waals surface area contributed by atoms with Gasteiger partial charge in [0.15, 0.2) is 17.7 Å². The molecule has 6 atom stereocenters. The summed E-state index contributed by atoms with van der Waals surface area (Å²) in [7, 11) is -10.8. The molecule has 1 aliphatic heterocycles. The highest BCUT2D eigenvalue weighted by Gasteiger charge is 2.46. The van der Waals surface area contributed by atoms with Crippen molar-refractivity contribution < 1.29 is 56.8 Å². The molecule has 0 bridgehead atoms. The largest absolute Gasteiger partial charge is 0.488 e. The molecule has 174 valence electrons. The van der Waals surface area contributed by atoms with Gasteiger partial charge in [-0.05, 0) is 11.8 Å². The van der Waals surface area contributed by atoms with Crippen molar-refractivity contribution in [3.63, 3.8) is 0 Å². The Morgan fingerprint density at radius 1 is 1.10 bits per heavy atom. The zero-order valence-electron chi connectivity index (χ0n) is 14.9. The Hall–Kier alpha value is -0.940. The number of hydrogen-bond acceptors (Lipinski definition) is 13. The van der Waals surface area contributed by atoms with Crippen molar-refractivity contribution in [1.29, 1.82) is 0 Å². The molecule has 0 aliphatic carbocycles. The number of phosphoric ester groups is 1. The van der Waals surface area contributed by atoms with Gasteiger partial charge in [0.05, 0.1) is 12.9 Å². The quantitative estimate of drug-likeness (QED) is 0.194. The molecule has 0 aromatic carbocycles. The Labute approximate surface area is 177 Å². The van der Waals surface area contributed by atoms with Crippen molar-refractivity contribution in [1.82, 2.24) is 19.5 Å². The van der Waals surface area contributed by atoms with E-state index in [0.29, 0.717) is 0 Å². The van der Waals surface area contributed by atoms with Gasteiger partial charge in [0, 0.05) is 0 Å². The van der Waals surface area contributed by atoms with Crippen LogP contribution >= 0.6 is 22.4 Å². The summed E-state index contributed by atoms with van der Waals surface area (Å²) in [5.74, 6) is 0.0574. The maximum Gasteiger partial charge on any atom is 0.488 e. The molecule has 2 aromatic rings. The lowest BCUT2D eigenvalue weighted by atomic mass is 10.1. The molecular formula is C10H16N5O12P3S. The van der Waals surface area contributed by atoms with Crippen LogP contribution in [0.4, 0.5) is 5.82 Å². The monoisotopic (exact) mass is 523 g/mol. The average molecular weight is 523 g/mol. The number of imidazole rings is 1. The fourth-order valence-electron chi connectivity index (χ4n) is 2.62. The summed E-state index contributed by atoms with van der Waals surface area (Å²) >= 11 is 3.97. The topological polar surface area (TPSA) is 262 Å². The number of nitrogens with two attached hydrogens (primary N) is 1. The first-order chi connectivity index (χ1) is 14.2. The lowest BCUT2D eigenvalue weighted by Gasteiger charge is -2.19. The van der Waals surface area contributed by atoms with E-state index >= 15 is 0 Å². The molecule has 3 unspecified atom stereocenters. The summed E-state index contributed by atoms with van der Waals surface area (Å²) in [5, 5.41) is 20.5. The van der Waals surface area contributed by atoms with E-state index in [4.69, 9.17) is 20.3 Å². The van der Waals surface area contributed by atoms with Gasteiger partial charge in [-0.25, -0.2) is 28.4 Å². The smallest absolute Gasteiger partial charge is 0.387 e. The fraction of sp³-hybridized carbons (Fsp3) is 0.500. The molecule has 17 nitrogen and oxygen atoms in total. The van der Waals surface area contributed by atoms with E-state index < -0.39 is 53.5 Å². The normalized spacial score (nSPS) is 28.5. The Bertz CT molecular complexity index is 1110. The number of aromatic nitrogens is 4. The molecule has 31 heavy (non-hydrogen) atoms. The summed E-state index contributed by atoms with van der Waals surface area (Å²) in [5.41, 5.74) is 6.05. The van der Waals surface area contributed by atoms with Gasteiger partial charge in [-0.15, -0.1) is 0 Å². The second kappa shape index (κ2) is 8.78. The first kappa shape index (κ1) is 24.7. The van der Waals surface area contributed by atoms with Crippen molar-refractivity contribution >= 4 is 51.2 Å². The van der Waals surface area contributed by atoms with Crippen molar-refractivity contribution in [2.24, 2.45) is 0 Å². The van der Waals surface area contributed by atoms with Crippen LogP contribution in [0.15, 0.2) is 12.7 Å². The average Bonchev–Trinajstić information content (AvgIpc) is 3.13. The number of rotatable bonds is 8. The number of fused-ring (bicyclic) bond motifs is 1. The Balaban J connectivity index is 1.69. The Kier molecular flexibility index (Phi) is 6.99. The molecule has 1 fully saturated rings. The van der Waals surface area contributed by atoms with Crippen LogP contribution in [0, 0.1) is 0 Å². The number of ether oxygens (including phenoxy) is 1. The number of phosphoric acid groups is 2. The van der Waals surface area contributed by atoms with Crippen LogP contribution in [-0.2, 0) is 38.8 Å². The van der Waals surface area contributed by atoms with Crippen molar-refractivity contribution in [2.75, 3.05) is 12.3 Å². The summed E-state index contributed by atoms with van der Waals surface area (Å²) in [4.78, 5) is 48.2. The number of anilines is 1. The first-order valence-corrected chi connectivity index (χ1v) is 13.5. The second-order valence-electron chi connectivity index (χ2n) is 6.02. The van der Waals surface area contributed by atoms with E-state index in [2.05, 4.69) is 39.9 Å². The predicted molar refractivity (Wildman–Crippen MR) is 102 cm³/mol. The minimum Gasteiger partial charge on any atom is -0.387 e. The van der Waals surface area contributed by atoms with E-state index in [1.165, 1.54) is 10.9 Å². The van der Waals surface area contributed by atoms with Gasteiger partial charge in [0.1, 0.15) is 30.2 Å². The zero-order valence-corrected chi connectivity index (χ0v) is 18.4. The van der Waals surface area contributed by atoms with E-state index in [-0.39, 0.29) is 17.0 Å². The molecular weight excluding hydrogens is 507 g/mol. The first-order valence-electron chi connectivity index (χ1n) is 7.92. The molecule has 0 spiro atoms. The maximum absolute atomic E-state index is 11.9. The highest BCUT2D eigenvalue weighted by molar-refractivity contribution is 8.08. The van der Waals surface area contributed by atoms with Crippen LogP contribution in [0.25, 0.3) is 11.2 Å². The van der Waals surface area contributed by atoms with Gasteiger partial charge < -0.3 is 40.3 Å². The van der Waals surface area contributed by atoms with E-state index in [0.717, 1.165) is 6.33 Å². The third kappa shape index (κ3) is 5.90. The van der Waals surface area contributed by atoms with Gasteiger partial charge >= 0.3 is 22.4 Å². The van der Waals surface area contributed by atoms with E-state index in [9.17, 15) is 29.1 Å². The standard InChI is InChI=1S/C10H16N5O12P3S/c11-8-5-9(13-2-12-8)15(3-14-5)10-7(17)6(16)4(25-10)1-24-28(18,19)26-29(20,21)27-30(22,23)31/h2-4,6-7,10,16-17H,1H2,(H,18,19)(H,20,21)(H2,11,12,13)(H2,22,23,31)/t4?,6-,7-,10+/m0/s1. The fourth-order valence-corrected chi connectivity index (χ4v) is 6.41.